The van der Waals surface area contributed by atoms with Gasteiger partial charge >= 0.3 is 6.09 Å². The van der Waals surface area contributed by atoms with E-state index in [0.717, 1.165) is 22.8 Å². The van der Waals surface area contributed by atoms with Gasteiger partial charge in [-0.3, -0.25) is 0 Å². The normalized spacial score (nSPS) is 14.5. The van der Waals surface area contributed by atoms with E-state index in [-0.39, 0.29) is 12.2 Å². The topological polar surface area (TPSA) is 102 Å². The lowest BCUT2D eigenvalue weighted by molar-refractivity contribution is 0.0751. The third-order valence-electron chi connectivity index (χ3n) is 4.40. The Morgan fingerprint density at radius 2 is 1.86 bits per heavy atom. The minimum absolute atomic E-state index is 0.115. The van der Waals surface area contributed by atoms with E-state index >= 15 is 0 Å². The van der Waals surface area contributed by atoms with Gasteiger partial charge in [-0.25, -0.2) is 9.48 Å². The predicted molar refractivity (Wildman–Crippen MR) is 103 cm³/mol. The first-order valence-electron chi connectivity index (χ1n) is 8.98. The second-order valence-electron chi connectivity index (χ2n) is 6.64. The SMILES string of the molecule is CC(C)OC(=O)N1CCN(c2nsnc2-c2ccc(-n3cnnn3)cc2)CC1. The molecule has 4 rings (SSSR count). The van der Waals surface area contributed by atoms with Crippen LogP contribution in [0.2, 0.25) is 0 Å². The summed E-state index contributed by atoms with van der Waals surface area (Å²) in [5.41, 5.74) is 2.68. The minimum Gasteiger partial charge on any atom is -0.447 e. The quantitative estimate of drug-likeness (QED) is 0.654. The summed E-state index contributed by atoms with van der Waals surface area (Å²) < 4.78 is 15.8. The van der Waals surface area contributed by atoms with Crippen LogP contribution in [0, 0.1) is 0 Å². The molecule has 1 aliphatic rings. The van der Waals surface area contributed by atoms with Crippen LogP contribution in [-0.4, -0.2) is 72.2 Å². The average molecular weight is 400 g/mol. The zero-order chi connectivity index (χ0) is 19.5. The number of amides is 1. The van der Waals surface area contributed by atoms with E-state index in [4.69, 9.17) is 4.74 Å². The van der Waals surface area contributed by atoms with Gasteiger partial charge in [-0.05, 0) is 36.4 Å². The van der Waals surface area contributed by atoms with E-state index in [1.54, 1.807) is 15.9 Å². The number of tetrazole rings is 1. The van der Waals surface area contributed by atoms with E-state index in [1.165, 1.54) is 11.7 Å². The summed E-state index contributed by atoms with van der Waals surface area (Å²) in [4.78, 5) is 16.0. The lowest BCUT2D eigenvalue weighted by Crippen LogP contribution is -2.49. The summed E-state index contributed by atoms with van der Waals surface area (Å²) in [6.45, 7) is 6.28. The van der Waals surface area contributed by atoms with Crippen molar-refractivity contribution in [3.05, 3.63) is 30.6 Å². The molecule has 0 bridgehead atoms. The lowest BCUT2D eigenvalue weighted by Gasteiger charge is -2.34. The van der Waals surface area contributed by atoms with Gasteiger partial charge in [0.2, 0.25) is 0 Å². The van der Waals surface area contributed by atoms with Crippen molar-refractivity contribution in [3.8, 4) is 16.9 Å². The molecular formula is C17H20N8O2S. The minimum atomic E-state index is -0.260. The van der Waals surface area contributed by atoms with Crippen LogP contribution in [0.4, 0.5) is 10.6 Å². The number of anilines is 1. The van der Waals surface area contributed by atoms with Crippen LogP contribution < -0.4 is 4.90 Å². The van der Waals surface area contributed by atoms with Gasteiger partial charge in [-0.1, -0.05) is 12.1 Å². The van der Waals surface area contributed by atoms with Crippen LogP contribution in [-0.2, 0) is 4.74 Å². The number of hydrogen-bond donors (Lipinski definition) is 0. The number of rotatable bonds is 4. The molecule has 3 heterocycles. The Hall–Kier alpha value is -3.08. The Bertz CT molecular complexity index is 917. The Morgan fingerprint density at radius 3 is 2.50 bits per heavy atom. The first kappa shape index (κ1) is 18.3. The highest BCUT2D eigenvalue weighted by molar-refractivity contribution is 6.99. The smallest absolute Gasteiger partial charge is 0.410 e. The van der Waals surface area contributed by atoms with Crippen molar-refractivity contribution in [2.75, 3.05) is 31.1 Å². The number of hydrogen-bond acceptors (Lipinski definition) is 9. The summed E-state index contributed by atoms with van der Waals surface area (Å²) in [6, 6.07) is 7.84. The molecule has 1 amide bonds. The third-order valence-corrected chi connectivity index (χ3v) is 4.92. The van der Waals surface area contributed by atoms with Gasteiger partial charge in [0.1, 0.15) is 12.0 Å². The molecule has 1 saturated heterocycles. The van der Waals surface area contributed by atoms with Crippen LogP contribution in [0.5, 0.6) is 0 Å². The number of ether oxygens (including phenoxy) is 1. The van der Waals surface area contributed by atoms with Gasteiger partial charge in [-0.15, -0.1) is 5.10 Å². The standard InChI is InChI=1S/C17H20N8O2S/c1-12(2)27-17(26)24-9-7-23(8-10-24)16-15(19-28-20-16)13-3-5-14(6-4-13)25-11-18-21-22-25/h3-6,11-12H,7-10H2,1-2H3. The highest BCUT2D eigenvalue weighted by Crippen LogP contribution is 2.30. The van der Waals surface area contributed by atoms with Crippen LogP contribution in [0.15, 0.2) is 30.6 Å². The summed E-state index contributed by atoms with van der Waals surface area (Å²) in [5, 5.41) is 11.2. The molecule has 0 radical (unpaired) electrons. The molecule has 0 aliphatic carbocycles. The fourth-order valence-electron chi connectivity index (χ4n) is 3.00. The average Bonchev–Trinajstić information content (AvgIpc) is 3.40. The van der Waals surface area contributed by atoms with Crippen LogP contribution in [0.1, 0.15) is 13.8 Å². The fraction of sp³-hybridized carbons (Fsp3) is 0.412. The van der Waals surface area contributed by atoms with Gasteiger partial charge in [0.25, 0.3) is 0 Å². The molecular weight excluding hydrogens is 380 g/mol. The molecule has 0 atom stereocenters. The molecule has 0 N–H and O–H groups in total. The van der Waals surface area contributed by atoms with Crippen molar-refractivity contribution in [2.45, 2.75) is 20.0 Å². The maximum Gasteiger partial charge on any atom is 0.410 e. The van der Waals surface area contributed by atoms with Gasteiger partial charge in [0.05, 0.1) is 23.5 Å². The monoisotopic (exact) mass is 400 g/mol. The summed E-state index contributed by atoms with van der Waals surface area (Å²) in [7, 11) is 0. The van der Waals surface area contributed by atoms with Gasteiger partial charge < -0.3 is 14.5 Å². The lowest BCUT2D eigenvalue weighted by atomic mass is 10.1. The molecule has 0 spiro atoms. The first-order chi connectivity index (χ1) is 13.6. The number of benzene rings is 1. The fourth-order valence-corrected chi connectivity index (χ4v) is 3.59. The second kappa shape index (κ2) is 7.89. The summed E-state index contributed by atoms with van der Waals surface area (Å²) >= 11 is 1.19. The van der Waals surface area contributed by atoms with Gasteiger partial charge in [0.15, 0.2) is 5.82 Å². The van der Waals surface area contributed by atoms with E-state index in [9.17, 15) is 4.79 Å². The Kier molecular flexibility index (Phi) is 5.15. The molecule has 28 heavy (non-hydrogen) atoms. The van der Waals surface area contributed by atoms with Crippen LogP contribution in [0.25, 0.3) is 16.9 Å². The second-order valence-corrected chi connectivity index (χ2v) is 7.17. The first-order valence-corrected chi connectivity index (χ1v) is 9.71. The number of piperazine rings is 1. The van der Waals surface area contributed by atoms with Gasteiger partial charge in [0, 0.05) is 31.7 Å². The molecule has 0 saturated carbocycles. The van der Waals surface area contributed by atoms with Gasteiger partial charge in [-0.2, -0.15) is 8.75 Å². The summed E-state index contributed by atoms with van der Waals surface area (Å²) in [6.07, 6.45) is 1.18. The van der Waals surface area contributed by atoms with Crippen LogP contribution in [0.3, 0.4) is 0 Å². The highest BCUT2D eigenvalue weighted by atomic mass is 32.1. The number of carbonyl (C=O) groups is 1. The van der Waals surface area contributed by atoms with Crippen molar-refractivity contribution in [2.24, 2.45) is 0 Å². The van der Waals surface area contributed by atoms with Crippen molar-refractivity contribution in [3.63, 3.8) is 0 Å². The maximum atomic E-state index is 12.1. The molecule has 3 aromatic rings. The molecule has 1 aromatic carbocycles. The Balaban J connectivity index is 1.46. The van der Waals surface area contributed by atoms with E-state index in [0.29, 0.717) is 26.2 Å². The molecule has 2 aromatic heterocycles. The third kappa shape index (κ3) is 3.79. The van der Waals surface area contributed by atoms with E-state index < -0.39 is 0 Å². The van der Waals surface area contributed by atoms with Crippen molar-refractivity contribution in [1.82, 2.24) is 33.9 Å². The molecule has 10 nitrogen and oxygen atoms in total. The molecule has 1 fully saturated rings. The van der Waals surface area contributed by atoms with E-state index in [2.05, 4.69) is 29.2 Å². The number of aromatic nitrogens is 6. The Labute approximate surface area is 166 Å². The molecule has 0 unspecified atom stereocenters. The number of nitrogens with zero attached hydrogens (tertiary/aromatic N) is 8. The largest absolute Gasteiger partial charge is 0.447 e. The number of carbonyl (C=O) groups excluding carboxylic acids is 1. The molecule has 1 aliphatic heterocycles. The highest BCUT2D eigenvalue weighted by Gasteiger charge is 2.26. The maximum absolute atomic E-state index is 12.1. The van der Waals surface area contributed by atoms with E-state index in [1.807, 2.05) is 38.1 Å². The Morgan fingerprint density at radius 1 is 1.11 bits per heavy atom. The summed E-state index contributed by atoms with van der Waals surface area (Å²) in [5.74, 6) is 0.844. The van der Waals surface area contributed by atoms with Crippen molar-refractivity contribution >= 4 is 23.6 Å². The van der Waals surface area contributed by atoms with Crippen LogP contribution >= 0.6 is 11.7 Å². The molecule has 11 heteroatoms. The molecule has 146 valence electrons. The zero-order valence-corrected chi connectivity index (χ0v) is 16.4. The van der Waals surface area contributed by atoms with Crippen molar-refractivity contribution in [1.29, 1.82) is 0 Å². The predicted octanol–water partition coefficient (Wildman–Crippen LogP) is 1.85. The zero-order valence-electron chi connectivity index (χ0n) is 15.6. The van der Waals surface area contributed by atoms with Crippen molar-refractivity contribution < 1.29 is 9.53 Å².